The molecule has 0 aliphatic rings. The summed E-state index contributed by atoms with van der Waals surface area (Å²) in [5.41, 5.74) is 0. The van der Waals surface area contributed by atoms with Crippen LogP contribution in [0, 0.1) is 0 Å². The maximum absolute atomic E-state index is 12.8. The Labute approximate surface area is 383 Å². The SMILES string of the molecule is CCC/C=C\CCCCCCCC(=O)OCC(COC(=O)CCCCCCCC/C=C\C/C=C\C/C=C\CCCCCCC)OC(=O)CCCCCCC/C=C\CCCCCC. The van der Waals surface area contributed by atoms with Gasteiger partial charge in [0.05, 0.1) is 0 Å². The number of rotatable bonds is 47. The highest BCUT2D eigenvalue weighted by atomic mass is 16.6. The third-order valence-electron chi connectivity index (χ3n) is 11.2. The fraction of sp³-hybridized carbons (Fsp3) is 0.768. The van der Waals surface area contributed by atoms with Gasteiger partial charge < -0.3 is 14.2 Å². The summed E-state index contributed by atoms with van der Waals surface area (Å²) in [7, 11) is 0. The molecule has 0 aromatic carbocycles. The molecule has 0 bridgehead atoms. The molecule has 0 aromatic heterocycles. The molecular formula is C56H98O6. The number of hydrogen-bond acceptors (Lipinski definition) is 6. The fourth-order valence-electron chi connectivity index (χ4n) is 7.21. The van der Waals surface area contributed by atoms with Gasteiger partial charge in [-0.05, 0) is 103 Å². The van der Waals surface area contributed by atoms with Gasteiger partial charge in [0.15, 0.2) is 6.10 Å². The van der Waals surface area contributed by atoms with E-state index in [2.05, 4.69) is 81.5 Å². The van der Waals surface area contributed by atoms with Crippen molar-refractivity contribution in [1.82, 2.24) is 0 Å². The molecule has 0 aromatic rings. The standard InChI is InChI=1S/C56H98O6/c1-4-7-10-13-16-19-22-24-25-26-27-28-29-30-31-33-34-37-40-43-46-49-55(58)61-52-53(51-60-54(57)48-45-42-39-36-21-18-15-12-9-6-3)62-56(59)50-47-44-41-38-35-32-23-20-17-14-11-8-5-2/h12,15,20,22-24,26-27,29-30,53H,4-11,13-14,16-19,21,25,28,31-52H2,1-3H3/b15-12-,23-20-,24-22-,27-26-,30-29-. The number of unbranched alkanes of at least 4 members (excludes halogenated alkanes) is 26. The van der Waals surface area contributed by atoms with Crippen LogP contribution in [0.1, 0.15) is 258 Å². The number of carbonyl (C=O) groups excluding carboxylic acids is 3. The van der Waals surface area contributed by atoms with E-state index in [1.54, 1.807) is 0 Å². The first-order valence-corrected chi connectivity index (χ1v) is 26.3. The molecule has 0 spiro atoms. The maximum Gasteiger partial charge on any atom is 0.306 e. The first-order chi connectivity index (χ1) is 30.5. The van der Waals surface area contributed by atoms with Crippen molar-refractivity contribution in [3.05, 3.63) is 60.8 Å². The number of allylic oxidation sites excluding steroid dienone is 10. The van der Waals surface area contributed by atoms with Crippen LogP contribution in [-0.2, 0) is 28.6 Å². The lowest BCUT2D eigenvalue weighted by molar-refractivity contribution is -0.167. The minimum Gasteiger partial charge on any atom is -0.462 e. The Hall–Kier alpha value is -2.89. The highest BCUT2D eigenvalue weighted by molar-refractivity contribution is 5.71. The molecule has 0 saturated heterocycles. The number of esters is 3. The molecule has 0 radical (unpaired) electrons. The fourth-order valence-corrected chi connectivity index (χ4v) is 7.21. The summed E-state index contributed by atoms with van der Waals surface area (Å²) >= 11 is 0. The molecule has 6 nitrogen and oxygen atoms in total. The molecule has 0 rings (SSSR count). The first kappa shape index (κ1) is 59.1. The van der Waals surface area contributed by atoms with E-state index < -0.39 is 6.10 Å². The molecule has 1 atom stereocenters. The molecule has 1 unspecified atom stereocenters. The van der Waals surface area contributed by atoms with E-state index in [1.165, 1.54) is 116 Å². The summed E-state index contributed by atoms with van der Waals surface area (Å²) < 4.78 is 16.8. The maximum atomic E-state index is 12.8. The van der Waals surface area contributed by atoms with Crippen LogP contribution in [0.2, 0.25) is 0 Å². The predicted octanol–water partition coefficient (Wildman–Crippen LogP) is 17.3. The molecule has 62 heavy (non-hydrogen) atoms. The number of hydrogen-bond donors (Lipinski definition) is 0. The Bertz CT molecular complexity index is 1130. The van der Waals surface area contributed by atoms with E-state index in [1.807, 2.05) is 0 Å². The van der Waals surface area contributed by atoms with Gasteiger partial charge in [0.25, 0.3) is 0 Å². The summed E-state index contributed by atoms with van der Waals surface area (Å²) in [5.74, 6) is -0.915. The van der Waals surface area contributed by atoms with Gasteiger partial charge in [-0.15, -0.1) is 0 Å². The van der Waals surface area contributed by atoms with Gasteiger partial charge >= 0.3 is 17.9 Å². The van der Waals surface area contributed by atoms with E-state index in [0.717, 1.165) is 103 Å². The molecule has 0 amide bonds. The lowest BCUT2D eigenvalue weighted by Crippen LogP contribution is -2.30. The Morgan fingerprint density at radius 2 is 0.613 bits per heavy atom. The summed E-state index contributed by atoms with van der Waals surface area (Å²) in [6.45, 7) is 6.53. The Kier molecular flexibility index (Phi) is 48.4. The molecule has 0 N–H and O–H groups in total. The summed E-state index contributed by atoms with van der Waals surface area (Å²) in [5, 5.41) is 0. The Balaban J connectivity index is 4.33. The van der Waals surface area contributed by atoms with E-state index in [-0.39, 0.29) is 31.1 Å². The number of ether oxygens (including phenoxy) is 3. The van der Waals surface area contributed by atoms with Gasteiger partial charge in [-0.1, -0.05) is 197 Å². The molecule has 0 heterocycles. The molecule has 0 aliphatic carbocycles. The van der Waals surface area contributed by atoms with Crippen molar-refractivity contribution < 1.29 is 28.6 Å². The summed E-state index contributed by atoms with van der Waals surface area (Å²) in [6, 6.07) is 0. The second kappa shape index (κ2) is 50.8. The molecule has 0 saturated carbocycles. The zero-order valence-corrected chi connectivity index (χ0v) is 40.9. The second-order valence-corrected chi connectivity index (χ2v) is 17.4. The van der Waals surface area contributed by atoms with Crippen LogP contribution in [0.5, 0.6) is 0 Å². The molecule has 0 aliphatic heterocycles. The third kappa shape index (κ3) is 48.1. The largest absolute Gasteiger partial charge is 0.462 e. The smallest absolute Gasteiger partial charge is 0.306 e. The van der Waals surface area contributed by atoms with Crippen molar-refractivity contribution in [2.75, 3.05) is 13.2 Å². The zero-order valence-electron chi connectivity index (χ0n) is 40.9. The van der Waals surface area contributed by atoms with Crippen LogP contribution in [0.15, 0.2) is 60.8 Å². The van der Waals surface area contributed by atoms with Gasteiger partial charge in [0.1, 0.15) is 13.2 Å². The van der Waals surface area contributed by atoms with Crippen molar-refractivity contribution >= 4 is 17.9 Å². The van der Waals surface area contributed by atoms with Gasteiger partial charge in [0.2, 0.25) is 0 Å². The van der Waals surface area contributed by atoms with Crippen LogP contribution in [0.25, 0.3) is 0 Å². The van der Waals surface area contributed by atoms with Gasteiger partial charge in [0, 0.05) is 19.3 Å². The van der Waals surface area contributed by atoms with Crippen LogP contribution in [0.4, 0.5) is 0 Å². The minimum atomic E-state index is -0.785. The monoisotopic (exact) mass is 867 g/mol. The van der Waals surface area contributed by atoms with Gasteiger partial charge in [-0.25, -0.2) is 0 Å². The first-order valence-electron chi connectivity index (χ1n) is 26.3. The Morgan fingerprint density at radius 3 is 1.00 bits per heavy atom. The van der Waals surface area contributed by atoms with Gasteiger partial charge in [-0.2, -0.15) is 0 Å². The molecule has 6 heteroatoms. The number of carbonyl (C=O) groups is 3. The highest BCUT2D eigenvalue weighted by Gasteiger charge is 2.19. The summed E-state index contributed by atoms with van der Waals surface area (Å²) in [4.78, 5) is 37.9. The quantitative estimate of drug-likeness (QED) is 0.0262. The van der Waals surface area contributed by atoms with E-state index in [4.69, 9.17) is 14.2 Å². The average molecular weight is 867 g/mol. The van der Waals surface area contributed by atoms with Crippen molar-refractivity contribution in [3.63, 3.8) is 0 Å². The van der Waals surface area contributed by atoms with E-state index >= 15 is 0 Å². The lowest BCUT2D eigenvalue weighted by atomic mass is 10.1. The van der Waals surface area contributed by atoms with Crippen molar-refractivity contribution in [1.29, 1.82) is 0 Å². The van der Waals surface area contributed by atoms with Crippen LogP contribution in [-0.4, -0.2) is 37.2 Å². The van der Waals surface area contributed by atoms with Gasteiger partial charge in [-0.3, -0.25) is 14.4 Å². The van der Waals surface area contributed by atoms with Crippen molar-refractivity contribution in [2.24, 2.45) is 0 Å². The van der Waals surface area contributed by atoms with Crippen molar-refractivity contribution in [3.8, 4) is 0 Å². The molecule has 0 fully saturated rings. The van der Waals surface area contributed by atoms with E-state index in [9.17, 15) is 14.4 Å². The Morgan fingerprint density at radius 1 is 0.323 bits per heavy atom. The lowest BCUT2D eigenvalue weighted by Gasteiger charge is -2.18. The average Bonchev–Trinajstić information content (AvgIpc) is 3.27. The van der Waals surface area contributed by atoms with Crippen LogP contribution >= 0.6 is 0 Å². The highest BCUT2D eigenvalue weighted by Crippen LogP contribution is 2.14. The molecule has 358 valence electrons. The predicted molar refractivity (Wildman–Crippen MR) is 265 cm³/mol. The summed E-state index contributed by atoms with van der Waals surface area (Å²) in [6.07, 6.45) is 62.1. The second-order valence-electron chi connectivity index (χ2n) is 17.4. The zero-order chi connectivity index (χ0) is 45.1. The molecular weight excluding hydrogens is 769 g/mol. The minimum absolute atomic E-state index is 0.0864. The normalized spacial score (nSPS) is 12.5. The van der Waals surface area contributed by atoms with E-state index in [0.29, 0.717) is 19.3 Å². The van der Waals surface area contributed by atoms with Crippen LogP contribution in [0.3, 0.4) is 0 Å². The third-order valence-corrected chi connectivity index (χ3v) is 11.2. The van der Waals surface area contributed by atoms with Crippen LogP contribution < -0.4 is 0 Å². The van der Waals surface area contributed by atoms with Crippen molar-refractivity contribution in [2.45, 2.75) is 264 Å². The topological polar surface area (TPSA) is 78.9 Å².